The van der Waals surface area contributed by atoms with E-state index in [0.29, 0.717) is 0 Å². The lowest BCUT2D eigenvalue weighted by molar-refractivity contribution is -0.142. The van der Waals surface area contributed by atoms with Crippen LogP contribution in [-0.2, 0) is 17.6 Å². The summed E-state index contributed by atoms with van der Waals surface area (Å²) in [4.78, 5) is 5.05. The highest BCUT2D eigenvalue weighted by Gasteiger charge is 2.34. The van der Waals surface area contributed by atoms with Crippen LogP contribution in [0.4, 0.5) is 13.2 Å². The Labute approximate surface area is 96.4 Å². The third-order valence-electron chi connectivity index (χ3n) is 2.53. The highest BCUT2D eigenvalue weighted by Crippen LogP contribution is 2.32. The van der Waals surface area contributed by atoms with E-state index >= 15 is 0 Å². The van der Waals surface area contributed by atoms with Crippen LogP contribution >= 0.6 is 0 Å². The molecule has 1 aromatic carbocycles. The second-order valence-corrected chi connectivity index (χ2v) is 3.93. The summed E-state index contributed by atoms with van der Waals surface area (Å²) in [6.07, 6.45) is -5.00. The van der Waals surface area contributed by atoms with Crippen molar-refractivity contribution in [3.63, 3.8) is 0 Å². The number of hydrogen-bond acceptors (Lipinski definition) is 3. The van der Waals surface area contributed by atoms with Crippen molar-refractivity contribution >= 4 is 0 Å². The maximum absolute atomic E-state index is 12.7. The topological polar surface area (TPSA) is 32.7 Å². The third-order valence-corrected chi connectivity index (χ3v) is 2.53. The molecule has 0 spiro atoms. The molecular formula is C11H12F3NO2. The van der Waals surface area contributed by atoms with E-state index in [1.807, 2.05) is 0 Å². The number of aliphatic hydroxyl groups excluding tert-OH is 1. The van der Waals surface area contributed by atoms with Crippen LogP contribution in [0.1, 0.15) is 11.1 Å². The first-order chi connectivity index (χ1) is 7.97. The van der Waals surface area contributed by atoms with Gasteiger partial charge >= 0.3 is 6.18 Å². The molecule has 1 aliphatic heterocycles. The molecule has 1 aliphatic rings. The van der Waals surface area contributed by atoms with Gasteiger partial charge in [-0.05, 0) is 11.6 Å². The van der Waals surface area contributed by atoms with Crippen LogP contribution in [-0.4, -0.2) is 29.4 Å². The van der Waals surface area contributed by atoms with Gasteiger partial charge in [0, 0.05) is 6.54 Å². The summed E-state index contributed by atoms with van der Waals surface area (Å²) in [6, 6.07) is 5.36. The number of aliphatic hydroxyl groups is 1. The maximum atomic E-state index is 12.7. The van der Waals surface area contributed by atoms with E-state index in [-0.39, 0.29) is 25.3 Å². The molecule has 0 radical (unpaired) electrons. The second-order valence-electron chi connectivity index (χ2n) is 3.93. The third kappa shape index (κ3) is 2.96. The minimum Gasteiger partial charge on any atom is -0.389 e. The second kappa shape index (κ2) is 4.64. The first-order valence-corrected chi connectivity index (χ1v) is 5.18. The number of hydrogen-bond donors (Lipinski definition) is 1. The Bertz CT molecular complexity index is 395. The zero-order chi connectivity index (χ0) is 12.5. The Balaban J connectivity index is 2.15. The fourth-order valence-electron chi connectivity index (χ4n) is 1.77. The molecule has 0 aliphatic carbocycles. The van der Waals surface area contributed by atoms with E-state index in [2.05, 4.69) is 0 Å². The summed E-state index contributed by atoms with van der Waals surface area (Å²) in [5, 5.41) is 10.6. The summed E-state index contributed by atoms with van der Waals surface area (Å²) < 4.78 is 38.1. The minimum absolute atomic E-state index is 0.0206. The van der Waals surface area contributed by atoms with E-state index in [0.717, 1.165) is 6.07 Å². The monoisotopic (exact) mass is 247 g/mol. The Morgan fingerprint density at radius 1 is 1.35 bits per heavy atom. The molecule has 1 heterocycles. The van der Waals surface area contributed by atoms with Gasteiger partial charge in [-0.15, -0.1) is 0 Å². The summed E-state index contributed by atoms with van der Waals surface area (Å²) >= 11 is 0. The van der Waals surface area contributed by atoms with Gasteiger partial charge in [0.05, 0.1) is 24.8 Å². The lowest BCUT2D eigenvalue weighted by Gasteiger charge is -2.17. The number of halogens is 3. The Kier molecular flexibility index (Phi) is 3.37. The van der Waals surface area contributed by atoms with Gasteiger partial charge < -0.3 is 5.11 Å². The first kappa shape index (κ1) is 12.3. The van der Waals surface area contributed by atoms with Crippen LogP contribution in [0.25, 0.3) is 0 Å². The van der Waals surface area contributed by atoms with Crippen molar-refractivity contribution in [1.82, 2.24) is 5.06 Å². The lowest BCUT2D eigenvalue weighted by Crippen LogP contribution is -2.22. The van der Waals surface area contributed by atoms with Crippen LogP contribution in [0.5, 0.6) is 0 Å². The maximum Gasteiger partial charge on any atom is 0.416 e. The van der Waals surface area contributed by atoms with E-state index < -0.39 is 17.8 Å². The van der Waals surface area contributed by atoms with E-state index in [1.54, 1.807) is 6.07 Å². The first-order valence-electron chi connectivity index (χ1n) is 5.18. The van der Waals surface area contributed by atoms with E-state index in [9.17, 15) is 18.3 Å². The number of nitrogens with zero attached hydrogens (tertiary/aromatic N) is 1. The highest BCUT2D eigenvalue weighted by molar-refractivity contribution is 5.29. The van der Waals surface area contributed by atoms with Crippen molar-refractivity contribution in [2.24, 2.45) is 0 Å². The molecule has 0 amide bonds. The van der Waals surface area contributed by atoms with Gasteiger partial charge in [-0.3, -0.25) is 4.84 Å². The lowest BCUT2D eigenvalue weighted by atomic mass is 10.1. The molecule has 1 unspecified atom stereocenters. The minimum atomic E-state index is -4.37. The molecule has 94 valence electrons. The fourth-order valence-corrected chi connectivity index (χ4v) is 1.77. The molecule has 3 nitrogen and oxygen atoms in total. The van der Waals surface area contributed by atoms with E-state index in [1.165, 1.54) is 17.2 Å². The van der Waals surface area contributed by atoms with Crippen molar-refractivity contribution in [2.45, 2.75) is 18.8 Å². The van der Waals surface area contributed by atoms with Crippen LogP contribution in [0, 0.1) is 0 Å². The van der Waals surface area contributed by atoms with Gasteiger partial charge in [-0.25, -0.2) is 0 Å². The van der Waals surface area contributed by atoms with Gasteiger partial charge in [0.15, 0.2) is 0 Å². The Hall–Kier alpha value is -1.11. The fraction of sp³-hybridized carbons (Fsp3) is 0.455. The standard InChI is InChI=1S/C11H12F3NO2/c12-11(13,14)10-4-2-1-3-8(10)5-15-6-9(16)7-17-15/h1-4,9,16H,5-7H2. The van der Waals surface area contributed by atoms with Crippen molar-refractivity contribution < 1.29 is 23.1 Å². The molecule has 1 aromatic rings. The van der Waals surface area contributed by atoms with Crippen molar-refractivity contribution in [3.05, 3.63) is 35.4 Å². The number of benzene rings is 1. The normalized spacial score (nSPS) is 22.0. The van der Waals surface area contributed by atoms with Crippen molar-refractivity contribution in [2.75, 3.05) is 13.2 Å². The van der Waals surface area contributed by atoms with Crippen LogP contribution < -0.4 is 0 Å². The predicted molar refractivity (Wildman–Crippen MR) is 53.8 cm³/mol. The van der Waals surface area contributed by atoms with Crippen LogP contribution in [0.3, 0.4) is 0 Å². The zero-order valence-electron chi connectivity index (χ0n) is 8.94. The van der Waals surface area contributed by atoms with Gasteiger partial charge in [-0.2, -0.15) is 18.2 Å². The Morgan fingerprint density at radius 2 is 2.06 bits per heavy atom. The largest absolute Gasteiger partial charge is 0.416 e. The number of hydroxylamine groups is 2. The molecule has 6 heteroatoms. The summed E-state index contributed by atoms with van der Waals surface area (Å²) in [5.41, 5.74) is -0.515. The predicted octanol–water partition coefficient (Wildman–Crippen LogP) is 1.81. The average molecular weight is 247 g/mol. The molecule has 0 aromatic heterocycles. The quantitative estimate of drug-likeness (QED) is 0.865. The molecule has 17 heavy (non-hydrogen) atoms. The Morgan fingerprint density at radius 3 is 2.65 bits per heavy atom. The molecule has 1 saturated heterocycles. The average Bonchev–Trinajstić information content (AvgIpc) is 2.63. The smallest absolute Gasteiger partial charge is 0.389 e. The number of rotatable bonds is 2. The number of β-amino-alcohol motifs (C(OH)–C–C–N with tert-alkyl or cyclic N) is 1. The van der Waals surface area contributed by atoms with Gasteiger partial charge in [0.2, 0.25) is 0 Å². The number of alkyl halides is 3. The van der Waals surface area contributed by atoms with Crippen LogP contribution in [0.15, 0.2) is 24.3 Å². The molecule has 0 bridgehead atoms. The SMILES string of the molecule is OC1CON(Cc2ccccc2C(F)(F)F)C1. The zero-order valence-corrected chi connectivity index (χ0v) is 8.94. The van der Waals surface area contributed by atoms with Crippen molar-refractivity contribution in [1.29, 1.82) is 0 Å². The molecular weight excluding hydrogens is 235 g/mol. The molecule has 1 atom stereocenters. The van der Waals surface area contributed by atoms with Gasteiger partial charge in [-0.1, -0.05) is 18.2 Å². The van der Waals surface area contributed by atoms with Gasteiger partial charge in [0.1, 0.15) is 0 Å². The molecule has 2 rings (SSSR count). The summed E-state index contributed by atoms with van der Waals surface area (Å²) in [5.74, 6) is 0. The summed E-state index contributed by atoms with van der Waals surface area (Å²) in [6.45, 7) is 0.382. The molecule has 1 N–H and O–H groups in total. The molecule has 1 fully saturated rings. The molecule has 0 saturated carbocycles. The van der Waals surface area contributed by atoms with Gasteiger partial charge in [0.25, 0.3) is 0 Å². The van der Waals surface area contributed by atoms with Crippen molar-refractivity contribution in [3.8, 4) is 0 Å². The highest BCUT2D eigenvalue weighted by atomic mass is 19.4. The summed E-state index contributed by atoms with van der Waals surface area (Å²) in [7, 11) is 0. The van der Waals surface area contributed by atoms with E-state index in [4.69, 9.17) is 4.84 Å². The van der Waals surface area contributed by atoms with Crippen LogP contribution in [0.2, 0.25) is 0 Å².